The fraction of sp³-hybridized carbons (Fsp3) is 0.538. The number of nitrogens with one attached hydrogen (secondary N) is 2. The summed E-state index contributed by atoms with van der Waals surface area (Å²) in [7, 11) is 0. The first-order valence-electron chi connectivity index (χ1n) is 12.7. The number of aromatic nitrogens is 3. The molecule has 2 aromatic heterocycles. The zero-order valence-corrected chi connectivity index (χ0v) is 20.8. The summed E-state index contributed by atoms with van der Waals surface area (Å²) in [4.78, 5) is 29.6. The molecule has 2 N–H and O–H groups in total. The molecule has 2 fully saturated rings. The van der Waals surface area contributed by atoms with Gasteiger partial charge < -0.3 is 20.4 Å². The van der Waals surface area contributed by atoms with E-state index in [1.165, 1.54) is 0 Å². The van der Waals surface area contributed by atoms with Crippen molar-refractivity contribution < 1.29 is 13.6 Å². The zero-order chi connectivity index (χ0) is 25.3. The summed E-state index contributed by atoms with van der Waals surface area (Å²) in [6.07, 6.45) is 9.60. The number of carbonyl (C=O) groups is 1. The fourth-order valence-electron chi connectivity index (χ4n) is 5.28. The van der Waals surface area contributed by atoms with Crippen LogP contribution in [0.15, 0.2) is 42.4 Å². The molecule has 3 atom stereocenters. The number of hydrogen-bond donors (Lipinski definition) is 2. The molecule has 1 amide bonds. The second-order valence-corrected chi connectivity index (χ2v) is 9.94. The molecule has 1 aliphatic carbocycles. The van der Waals surface area contributed by atoms with Crippen LogP contribution in [-0.4, -0.2) is 82.4 Å². The third-order valence-electron chi connectivity index (χ3n) is 7.52. The third-order valence-corrected chi connectivity index (χ3v) is 7.52. The van der Waals surface area contributed by atoms with Gasteiger partial charge in [-0.15, -0.1) is 0 Å². The molecule has 4 heterocycles. The van der Waals surface area contributed by atoms with E-state index in [-0.39, 0.29) is 37.3 Å². The number of piperidine rings is 1. The van der Waals surface area contributed by atoms with Gasteiger partial charge in [-0.3, -0.25) is 9.78 Å². The van der Waals surface area contributed by atoms with Crippen LogP contribution in [0.4, 0.5) is 14.6 Å². The molecule has 1 unspecified atom stereocenters. The maximum Gasteiger partial charge on any atom is 0.255 e. The number of rotatable bonds is 5. The average Bonchev–Trinajstić information content (AvgIpc) is 2.87. The molecule has 8 nitrogen and oxygen atoms in total. The van der Waals surface area contributed by atoms with Crippen molar-refractivity contribution >= 4 is 22.8 Å². The number of anilines is 1. The number of piperazine rings is 1. The van der Waals surface area contributed by atoms with E-state index < -0.39 is 11.8 Å². The predicted molar refractivity (Wildman–Crippen MR) is 135 cm³/mol. The largest absolute Gasteiger partial charge is 0.368 e. The van der Waals surface area contributed by atoms with Gasteiger partial charge in [0.2, 0.25) is 5.91 Å². The molecule has 36 heavy (non-hydrogen) atoms. The Labute approximate surface area is 209 Å². The van der Waals surface area contributed by atoms with Gasteiger partial charge in [-0.2, -0.15) is 0 Å². The normalized spacial score (nSPS) is 26.1. The van der Waals surface area contributed by atoms with Crippen molar-refractivity contribution in [2.45, 2.75) is 32.1 Å². The topological polar surface area (TPSA) is 86.3 Å². The summed E-state index contributed by atoms with van der Waals surface area (Å²) in [5.74, 6) is -2.71. The van der Waals surface area contributed by atoms with Crippen molar-refractivity contribution in [2.24, 2.45) is 11.8 Å². The van der Waals surface area contributed by atoms with Crippen molar-refractivity contribution in [3.05, 3.63) is 48.1 Å². The third kappa shape index (κ3) is 5.04. The highest BCUT2D eigenvalue weighted by molar-refractivity contribution is 5.85. The van der Waals surface area contributed by atoms with Gasteiger partial charge in [0.1, 0.15) is 5.52 Å². The van der Waals surface area contributed by atoms with Gasteiger partial charge in [0.25, 0.3) is 5.92 Å². The number of alkyl halides is 2. The van der Waals surface area contributed by atoms with Crippen LogP contribution in [-0.2, 0) is 4.79 Å². The van der Waals surface area contributed by atoms with Crippen molar-refractivity contribution in [3.8, 4) is 0 Å². The lowest BCUT2D eigenvalue weighted by Gasteiger charge is -2.38. The molecule has 10 heteroatoms. The van der Waals surface area contributed by atoms with Crippen LogP contribution >= 0.6 is 0 Å². The van der Waals surface area contributed by atoms with E-state index >= 15 is 0 Å². The molecule has 0 saturated carbocycles. The summed E-state index contributed by atoms with van der Waals surface area (Å²) < 4.78 is 28.8. The lowest BCUT2D eigenvalue weighted by Crippen LogP contribution is -2.47. The minimum absolute atomic E-state index is 0.0250. The molecule has 0 radical (unpaired) electrons. The highest BCUT2D eigenvalue weighted by Crippen LogP contribution is 2.35. The maximum absolute atomic E-state index is 14.4. The lowest BCUT2D eigenvalue weighted by molar-refractivity contribution is -0.130. The van der Waals surface area contributed by atoms with Crippen LogP contribution in [0.3, 0.4) is 0 Å². The van der Waals surface area contributed by atoms with Gasteiger partial charge in [0.05, 0.1) is 17.1 Å². The first-order chi connectivity index (χ1) is 17.3. The average molecular weight is 498 g/mol. The Bertz CT molecular complexity index is 1180. The first-order valence-corrected chi connectivity index (χ1v) is 12.7. The second kappa shape index (κ2) is 10.1. The Kier molecular flexibility index (Phi) is 6.87. The zero-order valence-electron chi connectivity index (χ0n) is 20.8. The predicted octanol–water partition coefficient (Wildman–Crippen LogP) is 3.02. The van der Waals surface area contributed by atoms with Crippen LogP contribution in [0.25, 0.3) is 11.0 Å². The second-order valence-electron chi connectivity index (χ2n) is 9.94. The number of amides is 1. The number of halogens is 2. The summed E-state index contributed by atoms with van der Waals surface area (Å²) >= 11 is 0. The Morgan fingerprint density at radius 3 is 2.72 bits per heavy atom. The Morgan fingerprint density at radius 2 is 2.00 bits per heavy atom. The van der Waals surface area contributed by atoms with Crippen LogP contribution in [0.1, 0.15) is 31.9 Å². The number of fused-ring (bicyclic) bond motifs is 1. The Balaban J connectivity index is 1.34. The van der Waals surface area contributed by atoms with Crippen molar-refractivity contribution in [2.75, 3.05) is 51.1 Å². The summed E-state index contributed by atoms with van der Waals surface area (Å²) in [6.45, 7) is 7.56. The van der Waals surface area contributed by atoms with Gasteiger partial charge in [0, 0.05) is 83.2 Å². The first kappa shape index (κ1) is 24.5. The Morgan fingerprint density at radius 1 is 1.22 bits per heavy atom. The molecule has 3 aliphatic rings. The summed E-state index contributed by atoms with van der Waals surface area (Å²) in [6, 6.07) is 1.94. The fourth-order valence-corrected chi connectivity index (χ4v) is 5.28. The van der Waals surface area contributed by atoms with Gasteiger partial charge in [-0.1, -0.05) is 19.1 Å². The molecular formula is C26H33F2N7O. The molecule has 192 valence electrons. The van der Waals surface area contributed by atoms with Crippen LogP contribution in [0.5, 0.6) is 0 Å². The number of hydrogen-bond acceptors (Lipinski definition) is 7. The SMILES string of the molecule is CC(=O)N1CCN(C2=CC(C)[C@H](c3cc4nccnc4c(NC[C@@H]4CNCCC4(F)F)n3)C=C2)CC1. The van der Waals surface area contributed by atoms with E-state index in [4.69, 9.17) is 4.98 Å². The maximum atomic E-state index is 14.4. The number of carbonyl (C=O) groups excluding carboxylic acids is 1. The molecular weight excluding hydrogens is 464 g/mol. The molecule has 5 rings (SSSR count). The van der Waals surface area contributed by atoms with E-state index in [1.54, 1.807) is 19.3 Å². The quantitative estimate of drug-likeness (QED) is 0.657. The van der Waals surface area contributed by atoms with E-state index in [0.29, 0.717) is 23.4 Å². The number of pyridine rings is 1. The Hall–Kier alpha value is -3.14. The molecule has 2 saturated heterocycles. The van der Waals surface area contributed by atoms with E-state index in [9.17, 15) is 13.6 Å². The smallest absolute Gasteiger partial charge is 0.255 e. The van der Waals surface area contributed by atoms with Crippen molar-refractivity contribution in [1.82, 2.24) is 30.1 Å². The van der Waals surface area contributed by atoms with Crippen LogP contribution in [0.2, 0.25) is 0 Å². The van der Waals surface area contributed by atoms with Gasteiger partial charge >= 0.3 is 0 Å². The van der Waals surface area contributed by atoms with Gasteiger partial charge in [-0.05, 0) is 18.1 Å². The molecule has 0 aromatic carbocycles. The van der Waals surface area contributed by atoms with Crippen LogP contribution in [0, 0.1) is 11.8 Å². The number of nitrogens with zero attached hydrogens (tertiary/aromatic N) is 5. The molecule has 0 bridgehead atoms. The molecule has 2 aliphatic heterocycles. The van der Waals surface area contributed by atoms with E-state index in [0.717, 1.165) is 37.6 Å². The lowest BCUT2D eigenvalue weighted by atomic mass is 9.85. The summed E-state index contributed by atoms with van der Waals surface area (Å²) in [5, 5.41) is 6.23. The van der Waals surface area contributed by atoms with Crippen LogP contribution < -0.4 is 10.6 Å². The molecule has 2 aromatic rings. The van der Waals surface area contributed by atoms with Gasteiger partial charge in [0.15, 0.2) is 5.82 Å². The monoisotopic (exact) mass is 497 g/mol. The number of allylic oxidation sites excluding steroid dienone is 3. The summed E-state index contributed by atoms with van der Waals surface area (Å²) in [5.41, 5.74) is 3.27. The van der Waals surface area contributed by atoms with E-state index in [2.05, 4.69) is 50.7 Å². The van der Waals surface area contributed by atoms with Gasteiger partial charge in [-0.25, -0.2) is 18.7 Å². The van der Waals surface area contributed by atoms with E-state index in [1.807, 2.05) is 11.0 Å². The van der Waals surface area contributed by atoms with Crippen molar-refractivity contribution in [1.29, 1.82) is 0 Å². The standard InChI is InChI=1S/C26H33F2N7O/c1-17-13-20(35-11-9-34(10-12-35)18(2)36)3-4-21(17)22-14-23-24(31-8-7-30-23)25(33-22)32-16-19-15-29-6-5-26(19,27)28/h3-4,7-8,13-14,17,19,21,29H,5-6,9-12,15-16H2,1-2H3,(H,32,33)/t17?,19-,21+/m0/s1. The highest BCUT2D eigenvalue weighted by atomic mass is 19.3. The molecule has 0 spiro atoms. The minimum atomic E-state index is -2.71. The van der Waals surface area contributed by atoms with Crippen molar-refractivity contribution in [3.63, 3.8) is 0 Å². The highest BCUT2D eigenvalue weighted by Gasteiger charge is 2.41. The minimum Gasteiger partial charge on any atom is -0.368 e.